The Morgan fingerprint density at radius 2 is 2.15 bits per heavy atom. The molecule has 4 heteroatoms. The molecule has 1 aromatic heterocycles. The molecule has 1 aromatic rings. The third kappa shape index (κ3) is 4.37. The number of nitrogens with zero attached hydrogens (tertiary/aromatic N) is 1. The normalized spacial score (nSPS) is 16.6. The van der Waals surface area contributed by atoms with Gasteiger partial charge in [-0.3, -0.25) is 4.79 Å². The molecule has 4 nitrogen and oxygen atoms in total. The Bertz CT molecular complexity index is 462. The Morgan fingerprint density at radius 3 is 2.85 bits per heavy atom. The standard InChI is InChI=1S/C16H26N2O2/c1-13(2)7-11-20-15-4-3-10-18(16(15)19)12-14-5-8-17-9-6-14/h3-4,10,13-14,17H,5-9,11-12H2,1-2H3. The molecule has 0 spiro atoms. The van der Waals surface area contributed by atoms with E-state index in [1.807, 2.05) is 12.3 Å². The minimum Gasteiger partial charge on any atom is -0.488 e. The number of piperidine rings is 1. The first-order chi connectivity index (χ1) is 9.66. The van der Waals surface area contributed by atoms with Crippen LogP contribution in [0.25, 0.3) is 0 Å². The monoisotopic (exact) mass is 278 g/mol. The highest BCUT2D eigenvalue weighted by Crippen LogP contribution is 2.14. The SMILES string of the molecule is CC(C)CCOc1cccn(CC2CCNCC2)c1=O. The van der Waals surface area contributed by atoms with Crippen LogP contribution in [0.3, 0.4) is 0 Å². The zero-order chi connectivity index (χ0) is 14.4. The number of ether oxygens (including phenoxy) is 1. The van der Waals surface area contributed by atoms with Gasteiger partial charge in [0.25, 0.3) is 5.56 Å². The molecule has 0 saturated carbocycles. The highest BCUT2D eigenvalue weighted by molar-refractivity contribution is 5.17. The van der Waals surface area contributed by atoms with Crippen LogP contribution in [0.2, 0.25) is 0 Å². The fourth-order valence-electron chi connectivity index (χ4n) is 2.52. The summed E-state index contributed by atoms with van der Waals surface area (Å²) in [5.74, 6) is 1.68. The van der Waals surface area contributed by atoms with E-state index in [9.17, 15) is 4.79 Å². The second-order valence-electron chi connectivity index (χ2n) is 6.05. The maximum absolute atomic E-state index is 12.3. The predicted octanol–water partition coefficient (Wildman–Crippen LogP) is 2.27. The van der Waals surface area contributed by atoms with Gasteiger partial charge in [0.1, 0.15) is 0 Å². The fourth-order valence-corrected chi connectivity index (χ4v) is 2.52. The predicted molar refractivity (Wildman–Crippen MR) is 81.2 cm³/mol. The van der Waals surface area contributed by atoms with E-state index in [0.717, 1.165) is 38.9 Å². The van der Waals surface area contributed by atoms with Crippen molar-refractivity contribution in [2.24, 2.45) is 11.8 Å². The Hall–Kier alpha value is -1.29. The van der Waals surface area contributed by atoms with Crippen molar-refractivity contribution < 1.29 is 4.74 Å². The van der Waals surface area contributed by atoms with E-state index in [4.69, 9.17) is 4.74 Å². The number of rotatable bonds is 6. The van der Waals surface area contributed by atoms with Gasteiger partial charge >= 0.3 is 0 Å². The van der Waals surface area contributed by atoms with Crippen molar-refractivity contribution in [3.05, 3.63) is 28.7 Å². The van der Waals surface area contributed by atoms with Crippen LogP contribution >= 0.6 is 0 Å². The molecule has 1 saturated heterocycles. The van der Waals surface area contributed by atoms with Crippen LogP contribution in [0.1, 0.15) is 33.1 Å². The molecule has 0 aliphatic carbocycles. The summed E-state index contributed by atoms with van der Waals surface area (Å²) in [6, 6.07) is 3.69. The molecule has 1 aliphatic heterocycles. The molecule has 1 N–H and O–H groups in total. The fraction of sp³-hybridized carbons (Fsp3) is 0.688. The van der Waals surface area contributed by atoms with E-state index in [-0.39, 0.29) is 5.56 Å². The summed E-state index contributed by atoms with van der Waals surface area (Å²) >= 11 is 0. The van der Waals surface area contributed by atoms with Crippen molar-refractivity contribution >= 4 is 0 Å². The number of pyridine rings is 1. The van der Waals surface area contributed by atoms with E-state index >= 15 is 0 Å². The van der Waals surface area contributed by atoms with Crippen LogP contribution in [0.5, 0.6) is 5.75 Å². The van der Waals surface area contributed by atoms with Gasteiger partial charge in [-0.1, -0.05) is 13.8 Å². The molecule has 1 fully saturated rings. The van der Waals surface area contributed by atoms with E-state index < -0.39 is 0 Å². The number of hydrogen-bond donors (Lipinski definition) is 1. The van der Waals surface area contributed by atoms with Gasteiger partial charge in [0.05, 0.1) is 6.61 Å². The van der Waals surface area contributed by atoms with Crippen LogP contribution in [0.4, 0.5) is 0 Å². The first-order valence-corrected chi connectivity index (χ1v) is 7.70. The molecule has 2 heterocycles. The van der Waals surface area contributed by atoms with Crippen LogP contribution in [-0.4, -0.2) is 24.3 Å². The smallest absolute Gasteiger partial charge is 0.292 e. The van der Waals surface area contributed by atoms with Gasteiger partial charge in [-0.05, 0) is 56.3 Å². The van der Waals surface area contributed by atoms with E-state index in [1.165, 1.54) is 0 Å². The van der Waals surface area contributed by atoms with Gasteiger partial charge < -0.3 is 14.6 Å². The summed E-state index contributed by atoms with van der Waals surface area (Å²) in [5.41, 5.74) is 0.00906. The molecule has 0 aromatic carbocycles. The van der Waals surface area contributed by atoms with E-state index in [2.05, 4.69) is 19.2 Å². The van der Waals surface area contributed by atoms with Gasteiger partial charge in [-0.2, -0.15) is 0 Å². The number of nitrogens with one attached hydrogen (secondary N) is 1. The molecule has 0 atom stereocenters. The summed E-state index contributed by atoms with van der Waals surface area (Å²) in [4.78, 5) is 12.3. The number of aromatic nitrogens is 1. The average molecular weight is 278 g/mol. The molecule has 0 amide bonds. The quantitative estimate of drug-likeness (QED) is 0.868. The lowest BCUT2D eigenvalue weighted by molar-refractivity contribution is 0.279. The second-order valence-corrected chi connectivity index (χ2v) is 6.05. The molecule has 1 aliphatic rings. The third-order valence-corrected chi connectivity index (χ3v) is 3.85. The van der Waals surface area contributed by atoms with Crippen LogP contribution in [-0.2, 0) is 6.54 Å². The molecule has 112 valence electrons. The Morgan fingerprint density at radius 1 is 1.40 bits per heavy atom. The van der Waals surface area contributed by atoms with Gasteiger partial charge in [0.2, 0.25) is 0 Å². The molecular formula is C16H26N2O2. The first-order valence-electron chi connectivity index (χ1n) is 7.70. The van der Waals surface area contributed by atoms with Crippen molar-refractivity contribution in [1.82, 2.24) is 9.88 Å². The largest absolute Gasteiger partial charge is 0.488 e. The molecule has 0 unspecified atom stereocenters. The van der Waals surface area contributed by atoms with E-state index in [1.54, 1.807) is 10.6 Å². The lowest BCUT2D eigenvalue weighted by Crippen LogP contribution is -2.32. The van der Waals surface area contributed by atoms with Crippen molar-refractivity contribution in [3.8, 4) is 5.75 Å². The molecule has 2 rings (SSSR count). The highest BCUT2D eigenvalue weighted by atomic mass is 16.5. The summed E-state index contributed by atoms with van der Waals surface area (Å²) in [7, 11) is 0. The zero-order valence-electron chi connectivity index (χ0n) is 12.6. The van der Waals surface area contributed by atoms with Crippen molar-refractivity contribution in [3.63, 3.8) is 0 Å². The Balaban J connectivity index is 1.97. The van der Waals surface area contributed by atoms with Crippen molar-refractivity contribution in [2.45, 2.75) is 39.7 Å². The van der Waals surface area contributed by atoms with Gasteiger partial charge in [-0.15, -0.1) is 0 Å². The summed E-state index contributed by atoms with van der Waals surface area (Å²) in [6.45, 7) is 7.85. The van der Waals surface area contributed by atoms with Crippen molar-refractivity contribution in [1.29, 1.82) is 0 Å². The van der Waals surface area contributed by atoms with Crippen LogP contribution in [0.15, 0.2) is 23.1 Å². The Kier molecular flexibility index (Phi) is 5.65. The Labute approximate surface area is 121 Å². The first kappa shape index (κ1) is 15.1. The number of hydrogen-bond acceptors (Lipinski definition) is 3. The summed E-state index contributed by atoms with van der Waals surface area (Å²) in [6.07, 6.45) is 5.14. The van der Waals surface area contributed by atoms with Crippen molar-refractivity contribution in [2.75, 3.05) is 19.7 Å². The zero-order valence-corrected chi connectivity index (χ0v) is 12.6. The average Bonchev–Trinajstić information content (AvgIpc) is 2.44. The van der Waals surface area contributed by atoms with Gasteiger partial charge in [-0.25, -0.2) is 0 Å². The maximum atomic E-state index is 12.3. The maximum Gasteiger partial charge on any atom is 0.292 e. The topological polar surface area (TPSA) is 43.3 Å². The van der Waals surface area contributed by atoms with Crippen LogP contribution in [0, 0.1) is 11.8 Å². The minimum absolute atomic E-state index is 0.00906. The van der Waals surface area contributed by atoms with Gasteiger partial charge in [0.15, 0.2) is 5.75 Å². The highest BCUT2D eigenvalue weighted by Gasteiger charge is 2.15. The second kappa shape index (κ2) is 7.48. The molecule has 0 bridgehead atoms. The molecule has 20 heavy (non-hydrogen) atoms. The summed E-state index contributed by atoms with van der Waals surface area (Å²) < 4.78 is 7.44. The van der Waals surface area contributed by atoms with Crippen LogP contribution < -0.4 is 15.6 Å². The lowest BCUT2D eigenvalue weighted by atomic mass is 9.98. The lowest BCUT2D eigenvalue weighted by Gasteiger charge is -2.23. The van der Waals surface area contributed by atoms with E-state index in [0.29, 0.717) is 24.2 Å². The molecule has 0 radical (unpaired) electrons. The third-order valence-electron chi connectivity index (χ3n) is 3.85. The van der Waals surface area contributed by atoms with Gasteiger partial charge in [0, 0.05) is 12.7 Å². The summed E-state index contributed by atoms with van der Waals surface area (Å²) in [5, 5.41) is 3.35. The molecular weight excluding hydrogens is 252 g/mol. The minimum atomic E-state index is 0.00906.